The van der Waals surface area contributed by atoms with Crippen molar-refractivity contribution in [2.24, 2.45) is 0 Å². The molecule has 1 aromatic carbocycles. The van der Waals surface area contributed by atoms with E-state index in [1.807, 2.05) is 17.8 Å². The second-order valence-electron chi connectivity index (χ2n) is 3.54. The molecule has 0 aromatic heterocycles. The molecule has 0 bridgehead atoms. The summed E-state index contributed by atoms with van der Waals surface area (Å²) in [5, 5.41) is 3.88. The van der Waals surface area contributed by atoms with Crippen LogP contribution in [0.4, 0.5) is 4.39 Å². The molecule has 0 radical (unpaired) electrons. The third-order valence-electron chi connectivity index (χ3n) is 2.51. The van der Waals surface area contributed by atoms with E-state index >= 15 is 0 Å². The summed E-state index contributed by atoms with van der Waals surface area (Å²) in [5.74, 6) is -0.138. The highest BCUT2D eigenvalue weighted by Gasteiger charge is 2.29. The normalized spacial score (nSPS) is 25.1. The molecular weight excluding hydrogens is 197 g/mol. The zero-order valence-corrected chi connectivity index (χ0v) is 9.20. The lowest BCUT2D eigenvalue weighted by molar-refractivity contribution is 0.545. The van der Waals surface area contributed by atoms with Gasteiger partial charge in [0.05, 0.1) is 0 Å². The monoisotopic (exact) mass is 211 g/mol. The first-order valence-electron chi connectivity index (χ1n) is 4.92. The fraction of sp³-hybridized carbons (Fsp3) is 0.455. The standard InChI is InChI=1S/C11H14FNS/c1-3-13-11-7(2)14-10-5-4-8(12)6-9(10)11/h4-7,11,13H,3H2,1-2H3. The van der Waals surface area contributed by atoms with E-state index in [0.717, 1.165) is 12.1 Å². The number of fused-ring (bicyclic) bond motifs is 1. The predicted octanol–water partition coefficient (Wildman–Crippen LogP) is 2.97. The molecule has 2 atom stereocenters. The molecule has 14 heavy (non-hydrogen) atoms. The first kappa shape index (κ1) is 9.99. The molecule has 1 aromatic rings. The van der Waals surface area contributed by atoms with Gasteiger partial charge in [-0.3, -0.25) is 0 Å². The molecule has 1 N–H and O–H groups in total. The minimum absolute atomic E-state index is 0.138. The first-order valence-corrected chi connectivity index (χ1v) is 5.80. The maximum Gasteiger partial charge on any atom is 0.123 e. The molecule has 0 saturated carbocycles. The lowest BCUT2D eigenvalue weighted by Crippen LogP contribution is -2.25. The van der Waals surface area contributed by atoms with Crippen molar-refractivity contribution in [3.05, 3.63) is 29.6 Å². The van der Waals surface area contributed by atoms with Gasteiger partial charge in [0.1, 0.15) is 5.82 Å². The van der Waals surface area contributed by atoms with Crippen molar-refractivity contribution in [1.82, 2.24) is 5.32 Å². The van der Waals surface area contributed by atoms with Crippen LogP contribution in [0.2, 0.25) is 0 Å². The highest BCUT2D eigenvalue weighted by Crippen LogP contribution is 2.43. The number of benzene rings is 1. The molecule has 1 aliphatic rings. The van der Waals surface area contributed by atoms with Gasteiger partial charge < -0.3 is 5.32 Å². The minimum atomic E-state index is -0.138. The van der Waals surface area contributed by atoms with Gasteiger partial charge in [0, 0.05) is 16.2 Å². The molecule has 3 heteroatoms. The van der Waals surface area contributed by atoms with E-state index in [4.69, 9.17) is 0 Å². The Morgan fingerprint density at radius 1 is 1.50 bits per heavy atom. The van der Waals surface area contributed by atoms with Crippen LogP contribution in [-0.4, -0.2) is 11.8 Å². The van der Waals surface area contributed by atoms with Crippen LogP contribution in [0.25, 0.3) is 0 Å². The summed E-state index contributed by atoms with van der Waals surface area (Å²) in [6.45, 7) is 5.18. The second-order valence-corrected chi connectivity index (χ2v) is 4.96. The summed E-state index contributed by atoms with van der Waals surface area (Å²) < 4.78 is 13.1. The van der Waals surface area contributed by atoms with E-state index in [2.05, 4.69) is 19.2 Å². The van der Waals surface area contributed by atoms with Crippen LogP contribution in [-0.2, 0) is 0 Å². The van der Waals surface area contributed by atoms with Crippen LogP contribution in [0.5, 0.6) is 0 Å². The van der Waals surface area contributed by atoms with Gasteiger partial charge in [-0.2, -0.15) is 0 Å². The summed E-state index contributed by atoms with van der Waals surface area (Å²) in [6, 6.07) is 5.37. The van der Waals surface area contributed by atoms with Crippen LogP contribution in [0.1, 0.15) is 25.5 Å². The number of hydrogen-bond acceptors (Lipinski definition) is 2. The minimum Gasteiger partial charge on any atom is -0.309 e. The summed E-state index contributed by atoms with van der Waals surface area (Å²) in [5.41, 5.74) is 1.12. The highest BCUT2D eigenvalue weighted by atomic mass is 32.2. The number of thioether (sulfide) groups is 1. The Bertz CT molecular complexity index is 340. The van der Waals surface area contributed by atoms with Crippen molar-refractivity contribution in [3.8, 4) is 0 Å². The van der Waals surface area contributed by atoms with Crippen molar-refractivity contribution in [1.29, 1.82) is 0 Å². The van der Waals surface area contributed by atoms with Crippen molar-refractivity contribution in [2.75, 3.05) is 6.54 Å². The number of nitrogens with one attached hydrogen (secondary N) is 1. The van der Waals surface area contributed by atoms with Crippen molar-refractivity contribution >= 4 is 11.8 Å². The first-order chi connectivity index (χ1) is 6.72. The molecule has 1 aliphatic heterocycles. The highest BCUT2D eigenvalue weighted by molar-refractivity contribution is 8.00. The molecule has 0 amide bonds. The van der Waals surface area contributed by atoms with Crippen LogP contribution in [0.3, 0.4) is 0 Å². The molecule has 2 rings (SSSR count). The number of rotatable bonds is 2. The van der Waals surface area contributed by atoms with Gasteiger partial charge in [-0.25, -0.2) is 4.39 Å². The Hall–Kier alpha value is -0.540. The topological polar surface area (TPSA) is 12.0 Å². The summed E-state index contributed by atoms with van der Waals surface area (Å²) in [6.07, 6.45) is 0. The van der Waals surface area contributed by atoms with Crippen LogP contribution in [0.15, 0.2) is 23.1 Å². The Kier molecular flexibility index (Phi) is 2.79. The summed E-state index contributed by atoms with van der Waals surface area (Å²) in [4.78, 5) is 1.21. The summed E-state index contributed by atoms with van der Waals surface area (Å²) >= 11 is 1.82. The average molecular weight is 211 g/mol. The Morgan fingerprint density at radius 3 is 3.00 bits per heavy atom. The SMILES string of the molecule is CCNC1c2cc(F)ccc2SC1C. The lowest BCUT2D eigenvalue weighted by atomic mass is 10.0. The van der Waals surface area contributed by atoms with E-state index < -0.39 is 0 Å². The number of halogens is 1. The molecular formula is C11H14FNS. The molecule has 0 spiro atoms. The van der Waals surface area contributed by atoms with Crippen LogP contribution < -0.4 is 5.32 Å². The van der Waals surface area contributed by atoms with Crippen molar-refractivity contribution in [3.63, 3.8) is 0 Å². The molecule has 1 heterocycles. The molecule has 1 nitrogen and oxygen atoms in total. The zero-order chi connectivity index (χ0) is 10.1. The fourth-order valence-corrected chi connectivity index (χ4v) is 3.13. The maximum atomic E-state index is 13.1. The molecule has 0 aliphatic carbocycles. The van der Waals surface area contributed by atoms with Gasteiger partial charge in [0.2, 0.25) is 0 Å². The molecule has 0 saturated heterocycles. The van der Waals surface area contributed by atoms with Gasteiger partial charge in [0.25, 0.3) is 0 Å². The largest absolute Gasteiger partial charge is 0.309 e. The third-order valence-corrected chi connectivity index (χ3v) is 3.78. The Morgan fingerprint density at radius 2 is 2.29 bits per heavy atom. The fourth-order valence-electron chi connectivity index (χ4n) is 1.89. The Balaban J connectivity index is 2.34. The Labute approximate surface area is 88.1 Å². The zero-order valence-electron chi connectivity index (χ0n) is 8.38. The smallest absolute Gasteiger partial charge is 0.123 e. The summed E-state index contributed by atoms with van der Waals surface area (Å²) in [7, 11) is 0. The maximum absolute atomic E-state index is 13.1. The van der Waals surface area contributed by atoms with E-state index in [1.54, 1.807) is 6.07 Å². The van der Waals surface area contributed by atoms with Gasteiger partial charge in [-0.15, -0.1) is 11.8 Å². The third kappa shape index (κ3) is 1.66. The van der Waals surface area contributed by atoms with E-state index in [0.29, 0.717) is 11.3 Å². The lowest BCUT2D eigenvalue weighted by Gasteiger charge is -2.16. The predicted molar refractivity (Wildman–Crippen MR) is 58.1 cm³/mol. The van der Waals surface area contributed by atoms with Crippen molar-refractivity contribution < 1.29 is 4.39 Å². The van der Waals surface area contributed by atoms with Crippen molar-refractivity contribution in [2.45, 2.75) is 30.0 Å². The van der Waals surface area contributed by atoms with Gasteiger partial charge in [-0.1, -0.05) is 13.8 Å². The van der Waals surface area contributed by atoms with Crippen LogP contribution >= 0.6 is 11.8 Å². The van der Waals surface area contributed by atoms with E-state index in [9.17, 15) is 4.39 Å². The average Bonchev–Trinajstić information content (AvgIpc) is 2.45. The second kappa shape index (κ2) is 3.91. The molecule has 2 unspecified atom stereocenters. The van der Waals surface area contributed by atoms with E-state index in [1.165, 1.54) is 11.0 Å². The number of hydrogen-bond donors (Lipinski definition) is 1. The van der Waals surface area contributed by atoms with Gasteiger partial charge in [-0.05, 0) is 30.3 Å². The quantitative estimate of drug-likeness (QED) is 0.807. The van der Waals surface area contributed by atoms with E-state index in [-0.39, 0.29) is 5.82 Å². The van der Waals surface area contributed by atoms with Crippen LogP contribution in [0, 0.1) is 5.82 Å². The molecule has 76 valence electrons. The van der Waals surface area contributed by atoms with Gasteiger partial charge in [0.15, 0.2) is 0 Å². The molecule has 0 fully saturated rings. The van der Waals surface area contributed by atoms with Gasteiger partial charge >= 0.3 is 0 Å².